The number of rotatable bonds is 2. The van der Waals surface area contributed by atoms with Crippen LogP contribution >= 0.6 is 23.2 Å². The summed E-state index contributed by atoms with van der Waals surface area (Å²) in [5.74, 6) is 0.681. The molecule has 0 saturated carbocycles. The topological polar surface area (TPSA) is 62.7 Å². The molecule has 0 bridgehead atoms. The van der Waals surface area contributed by atoms with E-state index in [0.717, 1.165) is 19.4 Å². The molecule has 1 aromatic heterocycles. The van der Waals surface area contributed by atoms with Crippen LogP contribution in [0.15, 0.2) is 23.0 Å². The molecule has 7 heteroatoms. The van der Waals surface area contributed by atoms with Crippen molar-refractivity contribution >= 4 is 23.2 Å². The Morgan fingerprint density at radius 3 is 2.84 bits per heavy atom. The van der Waals surface area contributed by atoms with Crippen molar-refractivity contribution in [1.82, 2.24) is 20.1 Å². The van der Waals surface area contributed by atoms with E-state index in [1.165, 1.54) is 4.57 Å². The molecule has 1 unspecified atom stereocenters. The molecule has 1 aliphatic rings. The Kier molecular flexibility index (Phi) is 3.35. The number of nitrogens with zero attached hydrogens (tertiary/aromatic N) is 2. The molecular formula is C12H12Cl2N4O. The second-order valence-electron chi connectivity index (χ2n) is 4.47. The van der Waals surface area contributed by atoms with Crippen LogP contribution in [0, 0.1) is 0 Å². The Morgan fingerprint density at radius 2 is 2.16 bits per heavy atom. The molecule has 1 fully saturated rings. The predicted octanol–water partition coefficient (Wildman–Crippen LogP) is 2.29. The molecule has 100 valence electrons. The molecule has 3 rings (SSSR count). The Balaban J connectivity index is 2.10. The van der Waals surface area contributed by atoms with Crippen LogP contribution in [0.2, 0.25) is 10.0 Å². The zero-order chi connectivity index (χ0) is 13.4. The monoisotopic (exact) mass is 298 g/mol. The minimum Gasteiger partial charge on any atom is -0.307 e. The molecule has 2 heterocycles. The standard InChI is InChI=1S/C12H12Cl2N4O/c13-8-4-3-7(6-9(8)14)18-11(16-17-12(18)19)10-2-1-5-15-10/h3-4,6,10,15H,1-2,5H2,(H,17,19). The summed E-state index contributed by atoms with van der Waals surface area (Å²) in [6, 6.07) is 5.18. The maximum Gasteiger partial charge on any atom is 0.347 e. The van der Waals surface area contributed by atoms with Crippen LogP contribution in [-0.2, 0) is 0 Å². The van der Waals surface area contributed by atoms with Gasteiger partial charge < -0.3 is 5.32 Å². The van der Waals surface area contributed by atoms with Crippen molar-refractivity contribution in [3.63, 3.8) is 0 Å². The zero-order valence-corrected chi connectivity index (χ0v) is 11.5. The summed E-state index contributed by atoms with van der Waals surface area (Å²) in [4.78, 5) is 11.9. The second-order valence-corrected chi connectivity index (χ2v) is 5.28. The number of hydrogen-bond acceptors (Lipinski definition) is 3. The highest BCUT2D eigenvalue weighted by atomic mass is 35.5. The Bertz CT molecular complexity index is 658. The highest BCUT2D eigenvalue weighted by Crippen LogP contribution is 2.26. The maximum atomic E-state index is 11.9. The average molecular weight is 299 g/mol. The van der Waals surface area contributed by atoms with Crippen LogP contribution in [0.1, 0.15) is 24.7 Å². The third-order valence-electron chi connectivity index (χ3n) is 3.23. The lowest BCUT2D eigenvalue weighted by Gasteiger charge is -2.11. The van der Waals surface area contributed by atoms with Crippen molar-refractivity contribution < 1.29 is 0 Å². The third kappa shape index (κ3) is 2.29. The minimum atomic E-state index is -0.276. The first-order chi connectivity index (χ1) is 9.16. The molecule has 1 atom stereocenters. The predicted molar refractivity (Wildman–Crippen MR) is 74.2 cm³/mol. The van der Waals surface area contributed by atoms with Crippen LogP contribution in [0.4, 0.5) is 0 Å². The van der Waals surface area contributed by atoms with Crippen molar-refractivity contribution in [2.75, 3.05) is 6.54 Å². The van der Waals surface area contributed by atoms with Gasteiger partial charge in [-0.2, -0.15) is 5.10 Å². The largest absolute Gasteiger partial charge is 0.347 e. The molecule has 1 saturated heterocycles. The van der Waals surface area contributed by atoms with Crippen molar-refractivity contribution in [3.05, 3.63) is 44.6 Å². The lowest BCUT2D eigenvalue weighted by molar-refractivity contribution is 0.591. The number of H-pyrrole nitrogens is 1. The zero-order valence-electron chi connectivity index (χ0n) is 9.99. The number of nitrogens with one attached hydrogen (secondary N) is 2. The van der Waals surface area contributed by atoms with E-state index in [4.69, 9.17) is 23.2 Å². The summed E-state index contributed by atoms with van der Waals surface area (Å²) in [7, 11) is 0. The molecule has 19 heavy (non-hydrogen) atoms. The third-order valence-corrected chi connectivity index (χ3v) is 3.97. The van der Waals surface area contributed by atoms with Gasteiger partial charge in [0.1, 0.15) is 0 Å². The van der Waals surface area contributed by atoms with Crippen LogP contribution in [0.5, 0.6) is 0 Å². The number of halogens is 2. The highest BCUT2D eigenvalue weighted by molar-refractivity contribution is 6.42. The molecule has 1 aliphatic heterocycles. The van der Waals surface area contributed by atoms with Crippen molar-refractivity contribution in [1.29, 1.82) is 0 Å². The number of aromatic nitrogens is 3. The minimum absolute atomic E-state index is 0.0911. The summed E-state index contributed by atoms with van der Waals surface area (Å²) in [6.45, 7) is 0.938. The number of benzene rings is 1. The molecular weight excluding hydrogens is 287 g/mol. The van der Waals surface area contributed by atoms with Gasteiger partial charge in [-0.1, -0.05) is 23.2 Å². The van der Waals surface area contributed by atoms with Gasteiger partial charge in [-0.25, -0.2) is 14.5 Å². The first-order valence-corrected chi connectivity index (χ1v) is 6.78. The fraction of sp³-hybridized carbons (Fsp3) is 0.333. The molecule has 0 radical (unpaired) electrons. The van der Waals surface area contributed by atoms with Gasteiger partial charge in [-0.15, -0.1) is 0 Å². The number of hydrogen-bond donors (Lipinski definition) is 2. The Labute approximate surface area is 119 Å². The van der Waals surface area contributed by atoms with Gasteiger partial charge in [0.15, 0.2) is 5.82 Å². The molecule has 1 aromatic carbocycles. The lowest BCUT2D eigenvalue weighted by Crippen LogP contribution is -2.22. The Hall–Kier alpha value is -1.30. The first-order valence-electron chi connectivity index (χ1n) is 6.03. The quantitative estimate of drug-likeness (QED) is 0.894. The van der Waals surface area contributed by atoms with E-state index in [9.17, 15) is 4.79 Å². The van der Waals surface area contributed by atoms with E-state index in [1.807, 2.05) is 0 Å². The second kappa shape index (κ2) is 5.00. The van der Waals surface area contributed by atoms with Gasteiger partial charge in [0.05, 0.1) is 21.8 Å². The van der Waals surface area contributed by atoms with E-state index >= 15 is 0 Å². The first kappa shape index (κ1) is 12.7. The number of aromatic amines is 1. The van der Waals surface area contributed by atoms with E-state index in [2.05, 4.69) is 15.5 Å². The molecule has 5 nitrogen and oxygen atoms in total. The van der Waals surface area contributed by atoms with Gasteiger partial charge in [0, 0.05) is 0 Å². The van der Waals surface area contributed by atoms with Gasteiger partial charge >= 0.3 is 5.69 Å². The van der Waals surface area contributed by atoms with Gasteiger partial charge in [0.2, 0.25) is 0 Å². The van der Waals surface area contributed by atoms with E-state index < -0.39 is 0 Å². The SMILES string of the molecule is O=c1[nH]nc(C2CCCN2)n1-c1ccc(Cl)c(Cl)c1. The Morgan fingerprint density at radius 1 is 1.32 bits per heavy atom. The molecule has 0 spiro atoms. The van der Waals surface area contributed by atoms with E-state index in [1.54, 1.807) is 18.2 Å². The maximum absolute atomic E-state index is 11.9. The molecule has 0 amide bonds. The van der Waals surface area contributed by atoms with Crippen molar-refractivity contribution in [2.24, 2.45) is 0 Å². The van der Waals surface area contributed by atoms with E-state index in [0.29, 0.717) is 21.6 Å². The fourth-order valence-electron chi connectivity index (χ4n) is 2.32. The van der Waals surface area contributed by atoms with E-state index in [-0.39, 0.29) is 11.7 Å². The average Bonchev–Trinajstić information content (AvgIpc) is 3.01. The van der Waals surface area contributed by atoms with Gasteiger partial charge in [0.25, 0.3) is 0 Å². The van der Waals surface area contributed by atoms with Crippen LogP contribution in [0.25, 0.3) is 5.69 Å². The molecule has 2 aromatic rings. The normalized spacial score (nSPS) is 18.9. The summed E-state index contributed by atoms with van der Waals surface area (Å²) < 4.78 is 1.53. The summed E-state index contributed by atoms with van der Waals surface area (Å²) >= 11 is 11.9. The van der Waals surface area contributed by atoms with Crippen LogP contribution in [0.3, 0.4) is 0 Å². The van der Waals surface area contributed by atoms with Crippen molar-refractivity contribution in [2.45, 2.75) is 18.9 Å². The fourth-order valence-corrected chi connectivity index (χ4v) is 2.61. The summed E-state index contributed by atoms with van der Waals surface area (Å²) in [5, 5.41) is 10.8. The molecule has 2 N–H and O–H groups in total. The van der Waals surface area contributed by atoms with Gasteiger partial charge in [-0.3, -0.25) is 0 Å². The van der Waals surface area contributed by atoms with Crippen molar-refractivity contribution in [3.8, 4) is 5.69 Å². The van der Waals surface area contributed by atoms with Crippen LogP contribution < -0.4 is 11.0 Å². The van der Waals surface area contributed by atoms with Crippen LogP contribution in [-0.4, -0.2) is 21.3 Å². The smallest absolute Gasteiger partial charge is 0.307 e. The molecule has 0 aliphatic carbocycles. The highest BCUT2D eigenvalue weighted by Gasteiger charge is 2.23. The lowest BCUT2D eigenvalue weighted by atomic mass is 10.2. The van der Waals surface area contributed by atoms with Gasteiger partial charge in [-0.05, 0) is 37.6 Å². The summed E-state index contributed by atoms with van der Waals surface area (Å²) in [6.07, 6.45) is 2.04. The summed E-state index contributed by atoms with van der Waals surface area (Å²) in [5.41, 5.74) is 0.388.